The summed E-state index contributed by atoms with van der Waals surface area (Å²) in [6, 6.07) is 16.6. The zero-order chi connectivity index (χ0) is 27.3. The summed E-state index contributed by atoms with van der Waals surface area (Å²) in [5.41, 5.74) is -3.62. The molecule has 0 aromatic heterocycles. The van der Waals surface area contributed by atoms with Crippen LogP contribution in [0.4, 0.5) is 8.78 Å². The molecule has 0 radical (unpaired) electrons. The molecule has 0 fully saturated rings. The monoisotopic (exact) mass is 544 g/mol. The van der Waals surface area contributed by atoms with E-state index in [-0.39, 0.29) is 6.61 Å². The topological polar surface area (TPSA) is 89.5 Å². The van der Waals surface area contributed by atoms with E-state index in [9.17, 15) is 9.36 Å². The Balaban J connectivity index is 2.32. The van der Waals surface area contributed by atoms with Crippen LogP contribution in [0.15, 0.2) is 60.7 Å². The molecule has 0 aliphatic heterocycles. The Kier molecular flexibility index (Phi) is 13.0. The first kappa shape index (κ1) is 31.2. The van der Waals surface area contributed by atoms with E-state index in [1.165, 1.54) is 6.92 Å². The van der Waals surface area contributed by atoms with E-state index >= 15 is 8.78 Å². The fourth-order valence-corrected chi connectivity index (χ4v) is 4.63. The molecule has 2 rings (SSSR count). The van der Waals surface area contributed by atoms with Crippen LogP contribution in [-0.2, 0) is 50.6 Å². The molecule has 11 heteroatoms. The van der Waals surface area contributed by atoms with Crippen molar-refractivity contribution in [3.05, 3.63) is 71.8 Å². The van der Waals surface area contributed by atoms with Crippen LogP contribution < -0.4 is 0 Å². The molecule has 0 saturated carbocycles. The van der Waals surface area contributed by atoms with Gasteiger partial charge >= 0.3 is 13.3 Å². The molecule has 3 atom stereocenters. The highest BCUT2D eigenvalue weighted by atomic mass is 31.2. The van der Waals surface area contributed by atoms with Crippen molar-refractivity contribution in [1.29, 1.82) is 0 Å². The molecule has 3 unspecified atom stereocenters. The predicted octanol–water partition coefficient (Wildman–Crippen LogP) is 5.94. The fraction of sp³-hybridized carbons (Fsp3) is 0.500. The Morgan fingerprint density at radius 3 is 1.73 bits per heavy atom. The van der Waals surface area contributed by atoms with Crippen molar-refractivity contribution >= 4 is 13.4 Å². The maximum Gasteiger partial charge on any atom is 0.408 e. The predicted molar refractivity (Wildman–Crippen MR) is 133 cm³/mol. The normalized spacial score (nSPS) is 14.8. The lowest BCUT2D eigenvalue weighted by atomic mass is 10.2. The summed E-state index contributed by atoms with van der Waals surface area (Å²) in [4.78, 5) is 13.2. The smallest absolute Gasteiger partial charge is 0.353 e. The molecule has 0 heterocycles. The van der Waals surface area contributed by atoms with Crippen LogP contribution in [-0.4, -0.2) is 50.0 Å². The largest absolute Gasteiger partial charge is 0.408 e. The lowest BCUT2D eigenvalue weighted by Gasteiger charge is -2.29. The second-order valence-electron chi connectivity index (χ2n) is 7.93. The standard InChI is InChI=1S/C26H35F2O8P/c1-5-31-20(3)33-19-24(36-21(4)32-6-2)25(29)26(27,28)37(30,34-17-22-13-9-7-10-14-22)35-18-23-15-11-8-12-16-23/h7-16,20-21,24H,5-6,17-19H2,1-4H3. The van der Waals surface area contributed by atoms with Crippen LogP contribution in [0, 0.1) is 0 Å². The van der Waals surface area contributed by atoms with Crippen molar-refractivity contribution < 1.29 is 46.1 Å². The minimum absolute atomic E-state index is 0.216. The second kappa shape index (κ2) is 15.4. The van der Waals surface area contributed by atoms with Crippen LogP contribution in [0.5, 0.6) is 0 Å². The molecule has 37 heavy (non-hydrogen) atoms. The van der Waals surface area contributed by atoms with Gasteiger partial charge in [0.25, 0.3) is 0 Å². The average molecular weight is 545 g/mol. The molecule has 0 aliphatic rings. The minimum atomic E-state index is -5.37. The van der Waals surface area contributed by atoms with Crippen molar-refractivity contribution in [3.63, 3.8) is 0 Å². The average Bonchev–Trinajstić information content (AvgIpc) is 2.89. The van der Waals surface area contributed by atoms with Gasteiger partial charge in [-0.1, -0.05) is 60.7 Å². The third kappa shape index (κ3) is 9.65. The number of ether oxygens (including phenoxy) is 4. The van der Waals surface area contributed by atoms with Crippen LogP contribution in [0.1, 0.15) is 38.8 Å². The zero-order valence-electron chi connectivity index (χ0n) is 21.5. The summed E-state index contributed by atoms with van der Waals surface area (Å²) in [5, 5.41) is 0. The van der Waals surface area contributed by atoms with Gasteiger partial charge in [0.2, 0.25) is 5.78 Å². The van der Waals surface area contributed by atoms with E-state index in [4.69, 9.17) is 28.0 Å². The van der Waals surface area contributed by atoms with E-state index in [0.29, 0.717) is 17.7 Å². The van der Waals surface area contributed by atoms with Gasteiger partial charge in [-0.15, -0.1) is 0 Å². The molecule has 8 nitrogen and oxygen atoms in total. The summed E-state index contributed by atoms with van der Waals surface area (Å²) in [6.45, 7) is 5.41. The quantitative estimate of drug-likeness (QED) is 0.168. The summed E-state index contributed by atoms with van der Waals surface area (Å²) < 4.78 is 76.8. The SMILES string of the molecule is CCOC(C)OCC(OC(C)OCC)C(=O)C(F)(F)P(=O)(OCc1ccccc1)OCc1ccccc1. The van der Waals surface area contributed by atoms with Crippen molar-refractivity contribution in [2.24, 2.45) is 0 Å². The lowest BCUT2D eigenvalue weighted by molar-refractivity contribution is -0.204. The van der Waals surface area contributed by atoms with Crippen molar-refractivity contribution in [2.45, 2.75) is 65.3 Å². The molecule has 0 N–H and O–H groups in total. The van der Waals surface area contributed by atoms with Gasteiger partial charge in [0.05, 0.1) is 19.8 Å². The summed E-state index contributed by atoms with van der Waals surface area (Å²) >= 11 is 0. The third-order valence-electron chi connectivity index (χ3n) is 5.06. The molecule has 0 amide bonds. The number of carbonyl (C=O) groups excluding carboxylic acids is 1. The highest BCUT2D eigenvalue weighted by Gasteiger charge is 2.62. The van der Waals surface area contributed by atoms with Gasteiger partial charge in [0.15, 0.2) is 12.6 Å². The zero-order valence-corrected chi connectivity index (χ0v) is 22.4. The van der Waals surface area contributed by atoms with E-state index in [0.717, 1.165) is 0 Å². The fourth-order valence-electron chi connectivity index (χ4n) is 3.18. The maximum atomic E-state index is 15.8. The van der Waals surface area contributed by atoms with Gasteiger partial charge in [-0.25, -0.2) is 0 Å². The Labute approximate surface area is 216 Å². The Morgan fingerprint density at radius 1 is 0.811 bits per heavy atom. The van der Waals surface area contributed by atoms with Gasteiger partial charge in [-0.3, -0.25) is 18.4 Å². The third-order valence-corrected chi connectivity index (χ3v) is 6.91. The summed E-state index contributed by atoms with van der Waals surface area (Å²) in [5.74, 6) is -1.81. The Morgan fingerprint density at radius 2 is 1.27 bits per heavy atom. The maximum absolute atomic E-state index is 15.8. The molecule has 0 aliphatic carbocycles. The first-order chi connectivity index (χ1) is 17.6. The van der Waals surface area contributed by atoms with Crippen LogP contribution in [0.25, 0.3) is 0 Å². The molecular weight excluding hydrogens is 509 g/mol. The number of benzene rings is 2. The van der Waals surface area contributed by atoms with Crippen LogP contribution in [0.2, 0.25) is 0 Å². The number of alkyl halides is 2. The second-order valence-corrected chi connectivity index (χ2v) is 10.00. The van der Waals surface area contributed by atoms with Crippen molar-refractivity contribution in [1.82, 2.24) is 0 Å². The number of Topliss-reactive ketones (excluding diaryl/α,β-unsaturated/α-hetero) is 1. The minimum Gasteiger partial charge on any atom is -0.353 e. The molecule has 2 aromatic carbocycles. The van der Waals surface area contributed by atoms with Crippen molar-refractivity contribution in [3.8, 4) is 0 Å². The number of rotatable bonds is 18. The number of hydrogen-bond acceptors (Lipinski definition) is 8. The van der Waals surface area contributed by atoms with E-state index in [2.05, 4.69) is 0 Å². The van der Waals surface area contributed by atoms with E-state index in [1.54, 1.807) is 81.4 Å². The lowest BCUT2D eigenvalue weighted by Crippen LogP contribution is -2.44. The van der Waals surface area contributed by atoms with E-state index < -0.39 is 57.5 Å². The van der Waals surface area contributed by atoms with Gasteiger partial charge < -0.3 is 18.9 Å². The van der Waals surface area contributed by atoms with Crippen LogP contribution in [0.3, 0.4) is 0 Å². The number of halogens is 2. The number of hydrogen-bond donors (Lipinski definition) is 0. The molecule has 0 spiro atoms. The summed E-state index contributed by atoms with van der Waals surface area (Å²) in [7, 11) is -5.37. The van der Waals surface area contributed by atoms with E-state index in [1.807, 2.05) is 0 Å². The van der Waals surface area contributed by atoms with Gasteiger partial charge in [-0.05, 0) is 38.8 Å². The molecule has 2 aromatic rings. The van der Waals surface area contributed by atoms with Gasteiger partial charge in [0.1, 0.15) is 6.10 Å². The molecule has 0 saturated heterocycles. The Hall–Kier alpha value is -2.04. The Bertz CT molecular complexity index is 930. The number of carbonyl (C=O) groups is 1. The van der Waals surface area contributed by atoms with Crippen LogP contribution >= 0.6 is 7.60 Å². The van der Waals surface area contributed by atoms with Gasteiger partial charge in [-0.2, -0.15) is 8.78 Å². The number of ketones is 1. The first-order valence-electron chi connectivity index (χ1n) is 12.0. The first-order valence-corrected chi connectivity index (χ1v) is 13.6. The summed E-state index contributed by atoms with van der Waals surface area (Å²) in [6.07, 6.45) is -3.65. The highest BCUT2D eigenvalue weighted by molar-refractivity contribution is 7.56. The van der Waals surface area contributed by atoms with Crippen molar-refractivity contribution in [2.75, 3.05) is 19.8 Å². The van der Waals surface area contributed by atoms with Gasteiger partial charge in [0, 0.05) is 13.2 Å². The molecular formula is C26H35F2O8P. The molecule has 206 valence electrons. The highest BCUT2D eigenvalue weighted by Crippen LogP contribution is 2.63. The molecule has 0 bridgehead atoms.